The lowest BCUT2D eigenvalue weighted by Gasteiger charge is -2.07. The van der Waals surface area contributed by atoms with Crippen LogP contribution < -0.4 is 9.54 Å². The average molecular weight is 371 g/mol. The molecule has 2 aromatic carbocycles. The number of aromatic nitrogens is 1. The predicted molar refractivity (Wildman–Crippen MR) is 99.8 cm³/mol. The first-order valence-corrected chi connectivity index (χ1v) is 8.78. The standard InChI is InChI=1S/C18H17N3O4S/c1-4-20-15-14(25-3)9-8-11(2)16(15)26-18(20)19-17(22)12-6-5-7-13(10-12)21(23)24/h5-10H,4H2,1-3H3. The summed E-state index contributed by atoms with van der Waals surface area (Å²) >= 11 is 1.40. The maximum atomic E-state index is 12.5. The first-order valence-electron chi connectivity index (χ1n) is 7.96. The Kier molecular flexibility index (Phi) is 4.85. The maximum Gasteiger partial charge on any atom is 0.279 e. The third kappa shape index (κ3) is 3.11. The van der Waals surface area contributed by atoms with E-state index in [1.165, 1.54) is 35.6 Å². The molecule has 134 valence electrons. The highest BCUT2D eigenvalue weighted by molar-refractivity contribution is 7.16. The maximum absolute atomic E-state index is 12.5. The molecule has 0 aliphatic rings. The number of fused-ring (bicyclic) bond motifs is 1. The van der Waals surface area contributed by atoms with Crippen molar-refractivity contribution in [2.75, 3.05) is 7.11 Å². The van der Waals surface area contributed by atoms with Gasteiger partial charge in [-0.1, -0.05) is 23.5 Å². The van der Waals surface area contributed by atoms with Crippen molar-refractivity contribution in [1.29, 1.82) is 0 Å². The monoisotopic (exact) mass is 371 g/mol. The number of aryl methyl sites for hydroxylation is 2. The van der Waals surface area contributed by atoms with E-state index in [2.05, 4.69) is 4.99 Å². The van der Waals surface area contributed by atoms with Crippen LogP contribution >= 0.6 is 11.3 Å². The van der Waals surface area contributed by atoms with E-state index in [1.54, 1.807) is 7.11 Å². The van der Waals surface area contributed by atoms with Crippen LogP contribution in [0.25, 0.3) is 10.2 Å². The van der Waals surface area contributed by atoms with Crippen molar-refractivity contribution in [2.24, 2.45) is 4.99 Å². The van der Waals surface area contributed by atoms with E-state index < -0.39 is 10.8 Å². The molecule has 26 heavy (non-hydrogen) atoms. The molecular weight excluding hydrogens is 354 g/mol. The number of benzene rings is 2. The number of nitro groups is 1. The smallest absolute Gasteiger partial charge is 0.279 e. The molecular formula is C18H17N3O4S. The van der Waals surface area contributed by atoms with Crippen LogP contribution in [-0.2, 0) is 6.54 Å². The van der Waals surface area contributed by atoms with Gasteiger partial charge in [-0.3, -0.25) is 14.9 Å². The number of rotatable bonds is 4. The third-order valence-corrected chi connectivity index (χ3v) is 5.24. The topological polar surface area (TPSA) is 86.7 Å². The summed E-state index contributed by atoms with van der Waals surface area (Å²) in [5.41, 5.74) is 2.01. The summed E-state index contributed by atoms with van der Waals surface area (Å²) in [7, 11) is 1.60. The van der Waals surface area contributed by atoms with Crippen LogP contribution in [0, 0.1) is 17.0 Å². The summed E-state index contributed by atoms with van der Waals surface area (Å²) in [6.45, 7) is 4.57. The van der Waals surface area contributed by atoms with Crippen LogP contribution in [0.15, 0.2) is 41.4 Å². The quantitative estimate of drug-likeness (QED) is 0.517. The molecule has 0 unspecified atom stereocenters. The summed E-state index contributed by atoms with van der Waals surface area (Å²) in [6.07, 6.45) is 0. The van der Waals surface area contributed by atoms with Crippen molar-refractivity contribution in [3.8, 4) is 5.75 Å². The molecule has 8 heteroatoms. The lowest BCUT2D eigenvalue weighted by Crippen LogP contribution is -2.16. The first kappa shape index (κ1) is 17.8. The van der Waals surface area contributed by atoms with Gasteiger partial charge in [0.15, 0.2) is 4.80 Å². The van der Waals surface area contributed by atoms with Gasteiger partial charge in [-0.2, -0.15) is 4.99 Å². The Morgan fingerprint density at radius 3 is 2.77 bits per heavy atom. The molecule has 0 bridgehead atoms. The Bertz CT molecular complexity index is 1080. The van der Waals surface area contributed by atoms with Gasteiger partial charge in [0.05, 0.1) is 16.7 Å². The van der Waals surface area contributed by atoms with Crippen LogP contribution in [0.3, 0.4) is 0 Å². The van der Waals surface area contributed by atoms with Gasteiger partial charge in [-0.25, -0.2) is 0 Å². The molecule has 0 saturated carbocycles. The zero-order valence-electron chi connectivity index (χ0n) is 14.6. The van der Waals surface area contributed by atoms with Crippen molar-refractivity contribution in [3.05, 3.63) is 62.4 Å². The van der Waals surface area contributed by atoms with E-state index >= 15 is 0 Å². The van der Waals surface area contributed by atoms with Crippen molar-refractivity contribution in [1.82, 2.24) is 4.57 Å². The number of thiazole rings is 1. The van der Waals surface area contributed by atoms with Gasteiger partial charge in [0, 0.05) is 24.2 Å². The summed E-state index contributed by atoms with van der Waals surface area (Å²) in [6, 6.07) is 9.44. The number of carbonyl (C=O) groups excluding carboxylic acids is 1. The van der Waals surface area contributed by atoms with Crippen molar-refractivity contribution in [3.63, 3.8) is 0 Å². The fourth-order valence-corrected chi connectivity index (χ4v) is 3.90. The largest absolute Gasteiger partial charge is 0.495 e. The third-order valence-electron chi connectivity index (χ3n) is 4.02. The summed E-state index contributed by atoms with van der Waals surface area (Å²) in [5, 5.41) is 10.9. The Morgan fingerprint density at radius 1 is 1.35 bits per heavy atom. The molecule has 7 nitrogen and oxygen atoms in total. The fraction of sp³-hybridized carbons (Fsp3) is 0.222. The van der Waals surface area contributed by atoms with Crippen LogP contribution in [0.4, 0.5) is 5.69 Å². The molecule has 1 amide bonds. The second-order valence-electron chi connectivity index (χ2n) is 5.62. The van der Waals surface area contributed by atoms with Gasteiger partial charge in [-0.15, -0.1) is 0 Å². The average Bonchev–Trinajstić information content (AvgIpc) is 3.01. The lowest BCUT2D eigenvalue weighted by molar-refractivity contribution is -0.384. The van der Waals surface area contributed by atoms with Crippen molar-refractivity contribution < 1.29 is 14.5 Å². The highest BCUT2D eigenvalue weighted by atomic mass is 32.1. The van der Waals surface area contributed by atoms with Crippen LogP contribution in [0.1, 0.15) is 22.8 Å². The van der Waals surface area contributed by atoms with Gasteiger partial charge < -0.3 is 9.30 Å². The Balaban J connectivity index is 2.18. The highest BCUT2D eigenvalue weighted by Crippen LogP contribution is 2.30. The molecule has 0 aliphatic heterocycles. The normalized spacial score (nSPS) is 11.7. The Labute approximate surface area is 153 Å². The van der Waals surface area contributed by atoms with E-state index in [0.717, 1.165) is 15.8 Å². The van der Waals surface area contributed by atoms with Gasteiger partial charge in [0.1, 0.15) is 11.3 Å². The number of carbonyl (C=O) groups is 1. The van der Waals surface area contributed by atoms with E-state index in [-0.39, 0.29) is 11.3 Å². The van der Waals surface area contributed by atoms with Gasteiger partial charge in [-0.05, 0) is 31.5 Å². The fourth-order valence-electron chi connectivity index (χ4n) is 2.73. The molecule has 3 aromatic rings. The molecule has 3 rings (SSSR count). The number of methoxy groups -OCH3 is 1. The molecule has 0 aliphatic carbocycles. The molecule has 0 N–H and O–H groups in total. The SMILES string of the molecule is CCn1c(=NC(=O)c2cccc([N+](=O)[O-])c2)sc2c(C)ccc(OC)c21. The number of hydrogen-bond acceptors (Lipinski definition) is 5. The second kappa shape index (κ2) is 7.09. The van der Waals surface area contributed by atoms with Gasteiger partial charge >= 0.3 is 0 Å². The number of nitro benzene ring substituents is 1. The lowest BCUT2D eigenvalue weighted by atomic mass is 10.2. The predicted octanol–water partition coefficient (Wildman–Crippen LogP) is 3.69. The van der Waals surface area contributed by atoms with E-state index in [4.69, 9.17) is 4.74 Å². The number of non-ortho nitro benzene ring substituents is 1. The van der Waals surface area contributed by atoms with Crippen LogP contribution in [0.2, 0.25) is 0 Å². The first-order chi connectivity index (χ1) is 12.5. The van der Waals surface area contributed by atoms with Crippen molar-refractivity contribution in [2.45, 2.75) is 20.4 Å². The highest BCUT2D eigenvalue weighted by Gasteiger charge is 2.15. The summed E-state index contributed by atoms with van der Waals surface area (Å²) < 4.78 is 8.37. The van der Waals surface area contributed by atoms with E-state index in [0.29, 0.717) is 17.1 Å². The summed E-state index contributed by atoms with van der Waals surface area (Å²) in [4.78, 5) is 27.7. The minimum atomic E-state index is -0.531. The summed E-state index contributed by atoms with van der Waals surface area (Å²) in [5.74, 6) is 0.201. The molecule has 0 spiro atoms. The zero-order chi connectivity index (χ0) is 18.8. The zero-order valence-corrected chi connectivity index (χ0v) is 15.4. The van der Waals surface area contributed by atoms with Crippen molar-refractivity contribution >= 4 is 33.1 Å². The number of nitrogens with zero attached hydrogens (tertiary/aromatic N) is 3. The number of hydrogen-bond donors (Lipinski definition) is 0. The van der Waals surface area contributed by atoms with E-state index in [9.17, 15) is 14.9 Å². The molecule has 1 heterocycles. The van der Waals surface area contributed by atoms with Gasteiger partial charge in [0.2, 0.25) is 0 Å². The van der Waals surface area contributed by atoms with E-state index in [1.807, 2.05) is 30.5 Å². The number of amides is 1. The molecule has 0 radical (unpaired) electrons. The van der Waals surface area contributed by atoms with Crippen LogP contribution in [0.5, 0.6) is 5.75 Å². The molecule has 0 atom stereocenters. The minimum Gasteiger partial charge on any atom is -0.495 e. The number of ether oxygens (including phenoxy) is 1. The Hall–Kier alpha value is -3.00. The molecule has 0 saturated heterocycles. The second-order valence-corrected chi connectivity index (χ2v) is 6.59. The van der Waals surface area contributed by atoms with Crippen LogP contribution in [-0.4, -0.2) is 22.5 Å². The van der Waals surface area contributed by atoms with Gasteiger partial charge in [0.25, 0.3) is 11.6 Å². The molecule has 1 aromatic heterocycles. The minimum absolute atomic E-state index is 0.136. The molecule has 0 fully saturated rings. The Morgan fingerprint density at radius 2 is 2.12 bits per heavy atom.